The van der Waals surface area contributed by atoms with Gasteiger partial charge in [0.05, 0.1) is 12.7 Å². The van der Waals surface area contributed by atoms with Gasteiger partial charge in [-0.05, 0) is 12.0 Å². The SMILES string of the molecule is Cn1c(=O)c2c(ncn2CCCc2noc(Cc3ccccc3)n2)n(C)c1=O. The summed E-state index contributed by atoms with van der Waals surface area (Å²) in [4.78, 5) is 33.1. The largest absolute Gasteiger partial charge is 0.339 e. The lowest BCUT2D eigenvalue weighted by Gasteiger charge is -2.05. The average Bonchev–Trinajstić information content (AvgIpc) is 3.33. The van der Waals surface area contributed by atoms with E-state index < -0.39 is 0 Å². The number of rotatable bonds is 6. The Morgan fingerprint density at radius 3 is 2.64 bits per heavy atom. The van der Waals surface area contributed by atoms with Crippen LogP contribution in [0.15, 0.2) is 50.8 Å². The van der Waals surface area contributed by atoms with Gasteiger partial charge in [0, 0.05) is 27.1 Å². The van der Waals surface area contributed by atoms with Crippen LogP contribution in [0.1, 0.15) is 23.7 Å². The van der Waals surface area contributed by atoms with Crippen molar-refractivity contribution in [1.82, 2.24) is 28.8 Å². The third-order valence-corrected chi connectivity index (χ3v) is 4.72. The van der Waals surface area contributed by atoms with Gasteiger partial charge < -0.3 is 9.09 Å². The standard InChI is InChI=1S/C19H20N6O3/c1-23-17-16(18(26)24(2)19(23)27)25(12-20-17)10-6-9-14-21-15(28-22-14)11-13-7-4-3-5-8-13/h3-5,7-8,12H,6,9-11H2,1-2H3. The molecule has 0 aliphatic carbocycles. The Labute approximate surface area is 159 Å². The summed E-state index contributed by atoms with van der Waals surface area (Å²) < 4.78 is 9.55. The van der Waals surface area contributed by atoms with E-state index in [1.165, 1.54) is 11.6 Å². The van der Waals surface area contributed by atoms with E-state index in [9.17, 15) is 9.59 Å². The third kappa shape index (κ3) is 3.26. The molecule has 0 unspecified atom stereocenters. The fourth-order valence-electron chi connectivity index (χ4n) is 3.21. The second-order valence-corrected chi connectivity index (χ2v) is 6.69. The normalized spacial score (nSPS) is 11.4. The molecule has 3 heterocycles. The Morgan fingerprint density at radius 2 is 1.86 bits per heavy atom. The lowest BCUT2D eigenvalue weighted by atomic mass is 10.1. The molecule has 0 aliphatic rings. The maximum Gasteiger partial charge on any atom is 0.332 e. The molecule has 0 fully saturated rings. The molecular weight excluding hydrogens is 360 g/mol. The molecule has 0 saturated heterocycles. The molecule has 9 heteroatoms. The first-order chi connectivity index (χ1) is 13.5. The first-order valence-corrected chi connectivity index (χ1v) is 9.01. The van der Waals surface area contributed by atoms with Gasteiger partial charge in [-0.1, -0.05) is 35.5 Å². The van der Waals surface area contributed by atoms with E-state index in [2.05, 4.69) is 15.1 Å². The molecule has 28 heavy (non-hydrogen) atoms. The Kier molecular flexibility index (Phi) is 4.64. The molecule has 4 rings (SSSR count). The highest BCUT2D eigenvalue weighted by atomic mass is 16.5. The summed E-state index contributed by atoms with van der Waals surface area (Å²) in [7, 11) is 3.07. The van der Waals surface area contributed by atoms with Crippen LogP contribution in [0.4, 0.5) is 0 Å². The number of hydrogen-bond acceptors (Lipinski definition) is 6. The zero-order chi connectivity index (χ0) is 19.7. The molecule has 0 amide bonds. The first kappa shape index (κ1) is 17.9. The molecule has 3 aromatic heterocycles. The molecule has 0 aliphatic heterocycles. The highest BCUT2D eigenvalue weighted by Crippen LogP contribution is 2.10. The van der Waals surface area contributed by atoms with Gasteiger partial charge in [-0.2, -0.15) is 4.98 Å². The highest BCUT2D eigenvalue weighted by Gasteiger charge is 2.14. The van der Waals surface area contributed by atoms with Crippen LogP contribution in [0.3, 0.4) is 0 Å². The fraction of sp³-hybridized carbons (Fsp3) is 0.316. The van der Waals surface area contributed by atoms with E-state index in [1.54, 1.807) is 17.9 Å². The van der Waals surface area contributed by atoms with E-state index in [0.717, 1.165) is 10.1 Å². The van der Waals surface area contributed by atoms with Crippen LogP contribution >= 0.6 is 0 Å². The van der Waals surface area contributed by atoms with Crippen LogP contribution < -0.4 is 11.2 Å². The minimum absolute atomic E-state index is 0.347. The van der Waals surface area contributed by atoms with E-state index in [1.807, 2.05) is 30.3 Å². The molecule has 0 radical (unpaired) electrons. The third-order valence-electron chi connectivity index (χ3n) is 4.72. The predicted molar refractivity (Wildman–Crippen MR) is 102 cm³/mol. The molecule has 1 aromatic carbocycles. The van der Waals surface area contributed by atoms with Gasteiger partial charge in [-0.25, -0.2) is 9.78 Å². The number of benzene rings is 1. The Hall–Kier alpha value is -3.49. The minimum Gasteiger partial charge on any atom is -0.339 e. The maximum absolute atomic E-state index is 12.4. The smallest absolute Gasteiger partial charge is 0.332 e. The number of hydrogen-bond donors (Lipinski definition) is 0. The van der Waals surface area contributed by atoms with Crippen molar-refractivity contribution in [3.05, 3.63) is 74.8 Å². The van der Waals surface area contributed by atoms with Crippen LogP contribution in [-0.4, -0.2) is 28.8 Å². The Balaban J connectivity index is 1.45. The molecule has 0 atom stereocenters. The topological polar surface area (TPSA) is 101 Å². The van der Waals surface area contributed by atoms with Gasteiger partial charge in [0.15, 0.2) is 17.0 Å². The van der Waals surface area contributed by atoms with Crippen molar-refractivity contribution in [3.8, 4) is 0 Å². The van der Waals surface area contributed by atoms with Crippen LogP contribution in [0.25, 0.3) is 11.2 Å². The van der Waals surface area contributed by atoms with Gasteiger partial charge in [0.1, 0.15) is 0 Å². The van der Waals surface area contributed by atoms with Crippen LogP contribution in [0.2, 0.25) is 0 Å². The zero-order valence-corrected chi connectivity index (χ0v) is 15.7. The lowest BCUT2D eigenvalue weighted by Crippen LogP contribution is -2.37. The molecule has 144 valence electrons. The monoisotopic (exact) mass is 380 g/mol. The predicted octanol–water partition coefficient (Wildman–Crippen LogP) is 1.04. The minimum atomic E-state index is -0.388. The van der Waals surface area contributed by atoms with Crippen LogP contribution in [-0.2, 0) is 33.5 Å². The van der Waals surface area contributed by atoms with Crippen molar-refractivity contribution in [1.29, 1.82) is 0 Å². The summed E-state index contributed by atoms with van der Waals surface area (Å²) in [6.07, 6.45) is 3.51. The quantitative estimate of drug-likeness (QED) is 0.495. The second kappa shape index (κ2) is 7.26. The molecule has 4 aromatic rings. The van der Waals surface area contributed by atoms with Crippen molar-refractivity contribution in [2.45, 2.75) is 25.8 Å². The summed E-state index contributed by atoms with van der Waals surface area (Å²) in [5, 5.41) is 4.03. The van der Waals surface area contributed by atoms with Crippen molar-refractivity contribution in [3.63, 3.8) is 0 Å². The van der Waals surface area contributed by atoms with Crippen LogP contribution in [0.5, 0.6) is 0 Å². The maximum atomic E-state index is 12.4. The number of aromatic nitrogens is 6. The number of aryl methyl sites for hydroxylation is 3. The molecule has 0 saturated carbocycles. The average molecular weight is 380 g/mol. The van der Waals surface area contributed by atoms with Crippen molar-refractivity contribution >= 4 is 11.2 Å². The Morgan fingerprint density at radius 1 is 1.07 bits per heavy atom. The van der Waals surface area contributed by atoms with Crippen LogP contribution in [0, 0.1) is 0 Å². The van der Waals surface area contributed by atoms with Crippen molar-refractivity contribution in [2.24, 2.45) is 14.1 Å². The number of nitrogens with zero attached hydrogens (tertiary/aromatic N) is 6. The zero-order valence-electron chi connectivity index (χ0n) is 15.7. The van der Waals surface area contributed by atoms with Gasteiger partial charge in [0.2, 0.25) is 5.89 Å². The van der Waals surface area contributed by atoms with E-state index in [-0.39, 0.29) is 11.2 Å². The summed E-state index contributed by atoms with van der Waals surface area (Å²) in [5.41, 5.74) is 1.19. The Bertz CT molecular complexity index is 1230. The van der Waals surface area contributed by atoms with E-state index in [4.69, 9.17) is 4.52 Å². The highest BCUT2D eigenvalue weighted by molar-refractivity contribution is 5.69. The molecule has 9 nitrogen and oxygen atoms in total. The number of fused-ring (bicyclic) bond motifs is 1. The second-order valence-electron chi connectivity index (χ2n) is 6.69. The fourth-order valence-corrected chi connectivity index (χ4v) is 3.21. The number of imidazole rings is 1. The summed E-state index contributed by atoms with van der Waals surface area (Å²) in [6, 6.07) is 9.95. The summed E-state index contributed by atoms with van der Waals surface area (Å²) in [6.45, 7) is 0.562. The van der Waals surface area contributed by atoms with Gasteiger partial charge in [-0.3, -0.25) is 13.9 Å². The van der Waals surface area contributed by atoms with Gasteiger partial charge in [0.25, 0.3) is 5.56 Å². The first-order valence-electron chi connectivity index (χ1n) is 9.01. The van der Waals surface area contributed by atoms with Crippen molar-refractivity contribution < 1.29 is 4.52 Å². The molecule has 0 N–H and O–H groups in total. The molecule has 0 bridgehead atoms. The molecule has 0 spiro atoms. The van der Waals surface area contributed by atoms with Gasteiger partial charge >= 0.3 is 5.69 Å². The lowest BCUT2D eigenvalue weighted by molar-refractivity contribution is 0.378. The van der Waals surface area contributed by atoms with E-state index >= 15 is 0 Å². The van der Waals surface area contributed by atoms with Gasteiger partial charge in [-0.15, -0.1) is 0 Å². The molecular formula is C19H20N6O3. The summed E-state index contributed by atoms with van der Waals surface area (Å²) in [5.74, 6) is 1.22. The van der Waals surface area contributed by atoms with Crippen molar-refractivity contribution in [2.75, 3.05) is 0 Å². The van der Waals surface area contributed by atoms with E-state index in [0.29, 0.717) is 48.7 Å². The summed E-state index contributed by atoms with van der Waals surface area (Å²) >= 11 is 0.